The molecule has 1 nitrogen and oxygen atoms in total. The predicted octanol–water partition coefficient (Wildman–Crippen LogP) is 3.68. The third kappa shape index (κ3) is 1.35. The third-order valence-corrected chi connectivity index (χ3v) is 2.76. The van der Waals surface area contributed by atoms with Gasteiger partial charge in [-0.25, -0.2) is 0 Å². The van der Waals surface area contributed by atoms with E-state index in [1.54, 1.807) is 0 Å². The van der Waals surface area contributed by atoms with E-state index in [1.807, 2.05) is 6.20 Å². The number of hydrogen-bond acceptors (Lipinski definition) is 0. The Hall–Kier alpha value is -1.24. The second-order valence-electron chi connectivity index (χ2n) is 3.60. The molecule has 1 N–H and O–H groups in total. The normalized spacial score (nSPS) is 13.4. The first-order valence-electron chi connectivity index (χ1n) is 4.89. The molecule has 13 heavy (non-hydrogen) atoms. The molecule has 0 aliphatic carbocycles. The van der Waals surface area contributed by atoms with E-state index >= 15 is 0 Å². The van der Waals surface area contributed by atoms with Crippen molar-refractivity contribution in [2.75, 3.05) is 0 Å². The molecule has 1 aromatic heterocycles. The van der Waals surface area contributed by atoms with Crippen molar-refractivity contribution in [1.82, 2.24) is 4.98 Å². The summed E-state index contributed by atoms with van der Waals surface area (Å²) in [7, 11) is 0. The van der Waals surface area contributed by atoms with Gasteiger partial charge < -0.3 is 4.98 Å². The van der Waals surface area contributed by atoms with Crippen molar-refractivity contribution in [3.63, 3.8) is 0 Å². The number of rotatable bonds is 2. The summed E-state index contributed by atoms with van der Waals surface area (Å²) in [5.41, 5.74) is 2.74. The summed E-state index contributed by atoms with van der Waals surface area (Å²) in [6, 6.07) is 8.63. The van der Waals surface area contributed by atoms with E-state index in [1.165, 1.54) is 22.9 Å². The highest BCUT2D eigenvalue weighted by atomic mass is 14.7. The van der Waals surface area contributed by atoms with Gasteiger partial charge in [0.15, 0.2) is 0 Å². The Morgan fingerprint density at radius 3 is 2.92 bits per heavy atom. The van der Waals surface area contributed by atoms with Crippen LogP contribution in [-0.4, -0.2) is 4.98 Å². The molecule has 68 valence electrons. The Bertz CT molecular complexity index is 400. The minimum Gasteiger partial charge on any atom is -0.361 e. The monoisotopic (exact) mass is 173 g/mol. The molecule has 1 atom stereocenters. The number of aromatic nitrogens is 1. The largest absolute Gasteiger partial charge is 0.361 e. The quantitative estimate of drug-likeness (QED) is 0.713. The van der Waals surface area contributed by atoms with E-state index in [0.29, 0.717) is 5.92 Å². The van der Waals surface area contributed by atoms with E-state index in [2.05, 4.69) is 43.1 Å². The van der Waals surface area contributed by atoms with Gasteiger partial charge in [0.05, 0.1) is 0 Å². The van der Waals surface area contributed by atoms with E-state index in [9.17, 15) is 0 Å². The van der Waals surface area contributed by atoms with Gasteiger partial charge in [-0.2, -0.15) is 0 Å². The lowest BCUT2D eigenvalue weighted by atomic mass is 9.97. The zero-order valence-electron chi connectivity index (χ0n) is 8.17. The van der Waals surface area contributed by atoms with Crippen molar-refractivity contribution < 1.29 is 0 Å². The van der Waals surface area contributed by atoms with Crippen LogP contribution in [0.3, 0.4) is 0 Å². The third-order valence-electron chi connectivity index (χ3n) is 2.76. The van der Waals surface area contributed by atoms with Crippen LogP contribution in [0.5, 0.6) is 0 Å². The second kappa shape index (κ2) is 3.25. The van der Waals surface area contributed by atoms with Crippen molar-refractivity contribution >= 4 is 10.9 Å². The van der Waals surface area contributed by atoms with E-state index < -0.39 is 0 Å². The number of fused-ring (bicyclic) bond motifs is 1. The molecule has 0 fully saturated rings. The van der Waals surface area contributed by atoms with Crippen LogP contribution in [0.25, 0.3) is 10.9 Å². The van der Waals surface area contributed by atoms with Crippen molar-refractivity contribution in [3.05, 3.63) is 36.0 Å². The maximum atomic E-state index is 3.30. The Morgan fingerprint density at radius 2 is 2.15 bits per heavy atom. The summed E-state index contributed by atoms with van der Waals surface area (Å²) in [5.74, 6) is 0.641. The highest BCUT2D eigenvalue weighted by Crippen LogP contribution is 2.25. The lowest BCUT2D eigenvalue weighted by Crippen LogP contribution is -1.91. The summed E-state index contributed by atoms with van der Waals surface area (Å²) >= 11 is 0. The highest BCUT2D eigenvalue weighted by molar-refractivity contribution is 5.82. The Kier molecular flexibility index (Phi) is 2.09. The number of aromatic amines is 1. The van der Waals surface area contributed by atoms with Crippen LogP contribution in [-0.2, 0) is 0 Å². The van der Waals surface area contributed by atoms with Crippen LogP contribution in [0, 0.1) is 0 Å². The zero-order chi connectivity index (χ0) is 9.26. The molecule has 1 aromatic carbocycles. The van der Waals surface area contributed by atoms with Crippen molar-refractivity contribution in [1.29, 1.82) is 0 Å². The molecule has 0 radical (unpaired) electrons. The van der Waals surface area contributed by atoms with Crippen LogP contribution in [0.4, 0.5) is 0 Å². The zero-order valence-corrected chi connectivity index (χ0v) is 8.17. The van der Waals surface area contributed by atoms with E-state index in [0.717, 1.165) is 0 Å². The second-order valence-corrected chi connectivity index (χ2v) is 3.60. The van der Waals surface area contributed by atoms with Crippen molar-refractivity contribution in [2.24, 2.45) is 0 Å². The molecule has 0 saturated carbocycles. The average molecular weight is 173 g/mol. The molecular formula is C12H15N. The number of hydrogen-bond donors (Lipinski definition) is 1. The lowest BCUT2D eigenvalue weighted by molar-refractivity contribution is 0.738. The Morgan fingerprint density at radius 1 is 1.31 bits per heavy atom. The van der Waals surface area contributed by atoms with Crippen molar-refractivity contribution in [3.8, 4) is 0 Å². The van der Waals surface area contributed by atoms with Gasteiger partial charge >= 0.3 is 0 Å². The predicted molar refractivity (Wildman–Crippen MR) is 57.0 cm³/mol. The molecule has 0 spiro atoms. The number of para-hydroxylation sites is 1. The van der Waals surface area contributed by atoms with E-state index in [-0.39, 0.29) is 0 Å². The molecule has 0 bridgehead atoms. The number of nitrogens with one attached hydrogen (secondary N) is 1. The van der Waals surface area contributed by atoms with Gasteiger partial charge in [0, 0.05) is 11.7 Å². The van der Waals surface area contributed by atoms with Crippen LogP contribution < -0.4 is 0 Å². The van der Waals surface area contributed by atoms with Gasteiger partial charge in [-0.3, -0.25) is 0 Å². The maximum Gasteiger partial charge on any atom is 0.0489 e. The Balaban J connectivity index is 2.60. The minimum atomic E-state index is 0.641. The summed E-state index contributed by atoms with van der Waals surface area (Å²) in [4.78, 5) is 3.30. The fourth-order valence-corrected chi connectivity index (χ4v) is 1.74. The standard InChI is InChI=1S/C12H15N/c1-3-9(2)11-6-4-5-10-7-8-13-12(10)11/h4-9,13H,3H2,1-2H3/t9-/m0/s1. The molecule has 0 amide bonds. The molecule has 1 heterocycles. The molecule has 2 aromatic rings. The topological polar surface area (TPSA) is 15.8 Å². The molecule has 1 heteroatoms. The molecule has 0 saturated heterocycles. The minimum absolute atomic E-state index is 0.641. The number of benzene rings is 1. The van der Waals surface area contributed by atoms with Crippen LogP contribution in [0.15, 0.2) is 30.5 Å². The molecule has 0 aliphatic rings. The fraction of sp³-hybridized carbons (Fsp3) is 0.333. The summed E-state index contributed by atoms with van der Waals surface area (Å²) in [5, 5.41) is 1.32. The fourth-order valence-electron chi connectivity index (χ4n) is 1.74. The SMILES string of the molecule is CC[C@H](C)c1cccc2cc[nH]c12. The van der Waals surface area contributed by atoms with Crippen molar-refractivity contribution in [2.45, 2.75) is 26.2 Å². The van der Waals surface area contributed by atoms with Gasteiger partial charge in [0.25, 0.3) is 0 Å². The van der Waals surface area contributed by atoms with E-state index in [4.69, 9.17) is 0 Å². The highest BCUT2D eigenvalue weighted by Gasteiger charge is 2.07. The molecular weight excluding hydrogens is 158 g/mol. The maximum absolute atomic E-state index is 3.30. The van der Waals surface area contributed by atoms with Crippen LogP contribution in [0.2, 0.25) is 0 Å². The van der Waals surface area contributed by atoms with Crippen LogP contribution in [0.1, 0.15) is 31.7 Å². The number of H-pyrrole nitrogens is 1. The molecule has 0 unspecified atom stereocenters. The van der Waals surface area contributed by atoms with Gasteiger partial charge in [0.1, 0.15) is 0 Å². The van der Waals surface area contributed by atoms with Gasteiger partial charge in [-0.15, -0.1) is 0 Å². The first kappa shape index (κ1) is 8.36. The first-order valence-corrected chi connectivity index (χ1v) is 4.89. The lowest BCUT2D eigenvalue weighted by Gasteiger charge is -2.09. The Labute approximate surface area is 78.8 Å². The van der Waals surface area contributed by atoms with Gasteiger partial charge in [-0.1, -0.05) is 32.0 Å². The molecule has 0 aliphatic heterocycles. The summed E-state index contributed by atoms with van der Waals surface area (Å²) in [6.45, 7) is 4.50. The average Bonchev–Trinajstić information content (AvgIpc) is 2.63. The smallest absolute Gasteiger partial charge is 0.0489 e. The van der Waals surface area contributed by atoms with Gasteiger partial charge in [0.2, 0.25) is 0 Å². The molecule has 2 rings (SSSR count). The summed E-state index contributed by atoms with van der Waals surface area (Å²) in [6.07, 6.45) is 3.20. The summed E-state index contributed by atoms with van der Waals surface area (Å²) < 4.78 is 0. The van der Waals surface area contributed by atoms with Gasteiger partial charge in [-0.05, 0) is 29.4 Å². The first-order chi connectivity index (χ1) is 6.33. The van der Waals surface area contributed by atoms with Crippen LogP contribution >= 0.6 is 0 Å².